The average molecular weight is 346 g/mol. The van der Waals surface area contributed by atoms with Crippen LogP contribution in [0.5, 0.6) is 5.75 Å². The van der Waals surface area contributed by atoms with E-state index in [1.807, 2.05) is 11.5 Å². The number of hydrogen-bond acceptors (Lipinski definition) is 4. The molecule has 8 heteroatoms. The van der Waals surface area contributed by atoms with Crippen molar-refractivity contribution < 1.29 is 18.7 Å². The van der Waals surface area contributed by atoms with Crippen molar-refractivity contribution in [3.05, 3.63) is 47.8 Å². The first-order valence-corrected chi connectivity index (χ1v) is 8.07. The van der Waals surface area contributed by atoms with Gasteiger partial charge in [0.05, 0.1) is 12.2 Å². The fourth-order valence-corrected chi connectivity index (χ4v) is 2.59. The Morgan fingerprint density at radius 3 is 2.80 bits per heavy atom. The maximum absolute atomic E-state index is 12.8. The Morgan fingerprint density at radius 2 is 2.08 bits per heavy atom. The molecule has 3 rings (SSSR count). The number of amides is 2. The van der Waals surface area contributed by atoms with E-state index in [1.54, 1.807) is 11.1 Å². The number of carbonyl (C=O) groups is 2. The first-order chi connectivity index (χ1) is 12.1. The lowest BCUT2D eigenvalue weighted by atomic mass is 10.3. The third kappa shape index (κ3) is 3.96. The summed E-state index contributed by atoms with van der Waals surface area (Å²) in [5, 5.41) is 2.69. The summed E-state index contributed by atoms with van der Waals surface area (Å²) >= 11 is 0. The predicted octanol–water partition coefficient (Wildman–Crippen LogP) is 1.19. The fourth-order valence-electron chi connectivity index (χ4n) is 2.59. The molecule has 1 aliphatic rings. The van der Waals surface area contributed by atoms with E-state index in [4.69, 9.17) is 4.74 Å². The molecule has 1 N–H and O–H groups in total. The topological polar surface area (TPSA) is 76.5 Å². The van der Waals surface area contributed by atoms with Crippen LogP contribution in [0.15, 0.2) is 30.5 Å². The van der Waals surface area contributed by atoms with Crippen LogP contribution in [0, 0.1) is 5.82 Å². The molecule has 0 saturated carbocycles. The van der Waals surface area contributed by atoms with E-state index in [9.17, 15) is 14.0 Å². The maximum Gasteiger partial charge on any atom is 0.289 e. The number of benzene rings is 1. The van der Waals surface area contributed by atoms with Crippen molar-refractivity contribution in [2.75, 3.05) is 19.7 Å². The second-order valence-electron chi connectivity index (χ2n) is 5.65. The molecule has 0 bridgehead atoms. The molecule has 0 spiro atoms. The van der Waals surface area contributed by atoms with Crippen molar-refractivity contribution in [2.24, 2.45) is 0 Å². The highest BCUT2D eigenvalue weighted by Crippen LogP contribution is 2.13. The molecule has 1 aliphatic heterocycles. The summed E-state index contributed by atoms with van der Waals surface area (Å²) in [4.78, 5) is 30.1. The molecule has 2 aromatic rings. The second kappa shape index (κ2) is 7.33. The molecular weight excluding hydrogens is 327 g/mol. The number of fused-ring (bicyclic) bond motifs is 1. The number of hydrogen-bond donors (Lipinski definition) is 1. The highest BCUT2D eigenvalue weighted by atomic mass is 19.1. The molecule has 2 heterocycles. The SMILES string of the molecule is CCN1CCn2cc(CNC(=O)COc3ccc(F)cc3)nc2C1=O. The Labute approximate surface area is 144 Å². The van der Waals surface area contributed by atoms with Crippen LogP contribution in [0.2, 0.25) is 0 Å². The molecule has 7 nitrogen and oxygen atoms in total. The van der Waals surface area contributed by atoms with E-state index in [-0.39, 0.29) is 30.8 Å². The normalized spacial score (nSPS) is 13.5. The van der Waals surface area contributed by atoms with Gasteiger partial charge in [0.1, 0.15) is 11.6 Å². The van der Waals surface area contributed by atoms with Crippen LogP contribution in [0.25, 0.3) is 0 Å². The number of nitrogens with zero attached hydrogens (tertiary/aromatic N) is 3. The Hall–Kier alpha value is -2.90. The van der Waals surface area contributed by atoms with Gasteiger partial charge >= 0.3 is 0 Å². The first-order valence-electron chi connectivity index (χ1n) is 8.07. The van der Waals surface area contributed by atoms with Gasteiger partial charge in [0, 0.05) is 25.8 Å². The zero-order valence-corrected chi connectivity index (χ0v) is 13.9. The molecule has 132 valence electrons. The van der Waals surface area contributed by atoms with Gasteiger partial charge in [-0.3, -0.25) is 9.59 Å². The van der Waals surface area contributed by atoms with Crippen molar-refractivity contribution in [3.8, 4) is 5.75 Å². The minimum absolute atomic E-state index is 0.0917. The zero-order valence-electron chi connectivity index (χ0n) is 13.9. The van der Waals surface area contributed by atoms with E-state index >= 15 is 0 Å². The number of nitrogens with one attached hydrogen (secondary N) is 1. The molecule has 0 fully saturated rings. The van der Waals surface area contributed by atoms with Crippen molar-refractivity contribution in [1.29, 1.82) is 0 Å². The molecule has 0 radical (unpaired) electrons. The number of carbonyl (C=O) groups excluding carboxylic acids is 2. The number of imidazole rings is 1. The quantitative estimate of drug-likeness (QED) is 0.853. The van der Waals surface area contributed by atoms with Crippen LogP contribution in [0.3, 0.4) is 0 Å². The minimum Gasteiger partial charge on any atom is -0.484 e. The Balaban J connectivity index is 1.51. The van der Waals surface area contributed by atoms with Gasteiger partial charge in [-0.2, -0.15) is 0 Å². The van der Waals surface area contributed by atoms with E-state index in [2.05, 4.69) is 10.3 Å². The van der Waals surface area contributed by atoms with E-state index < -0.39 is 0 Å². The van der Waals surface area contributed by atoms with E-state index in [1.165, 1.54) is 24.3 Å². The summed E-state index contributed by atoms with van der Waals surface area (Å²) in [6.45, 7) is 3.98. The Morgan fingerprint density at radius 1 is 1.32 bits per heavy atom. The lowest BCUT2D eigenvalue weighted by molar-refractivity contribution is -0.123. The number of likely N-dealkylation sites (N-methyl/N-ethyl adjacent to an activating group) is 1. The van der Waals surface area contributed by atoms with Gasteiger partial charge < -0.3 is 19.5 Å². The van der Waals surface area contributed by atoms with Gasteiger partial charge in [0.25, 0.3) is 11.8 Å². The van der Waals surface area contributed by atoms with Gasteiger partial charge in [-0.15, -0.1) is 0 Å². The summed E-state index contributed by atoms with van der Waals surface area (Å²) in [5.74, 6) is 0.0404. The van der Waals surface area contributed by atoms with Crippen molar-refractivity contribution in [1.82, 2.24) is 19.8 Å². The number of ether oxygens (including phenoxy) is 1. The second-order valence-corrected chi connectivity index (χ2v) is 5.65. The molecule has 1 aromatic carbocycles. The van der Waals surface area contributed by atoms with Crippen LogP contribution < -0.4 is 10.1 Å². The van der Waals surface area contributed by atoms with Crippen LogP contribution in [0.1, 0.15) is 23.2 Å². The zero-order chi connectivity index (χ0) is 17.8. The molecule has 1 aromatic heterocycles. The van der Waals surface area contributed by atoms with Gasteiger partial charge in [-0.1, -0.05) is 0 Å². The van der Waals surface area contributed by atoms with Crippen molar-refractivity contribution in [2.45, 2.75) is 20.0 Å². The molecular formula is C17H19FN4O3. The first kappa shape index (κ1) is 16.9. The minimum atomic E-state index is -0.364. The summed E-state index contributed by atoms with van der Waals surface area (Å²) < 4.78 is 19.9. The van der Waals surface area contributed by atoms with Crippen LogP contribution >= 0.6 is 0 Å². The Bertz CT molecular complexity index is 773. The van der Waals surface area contributed by atoms with Crippen LogP contribution in [-0.2, 0) is 17.9 Å². The summed E-state index contributed by atoms with van der Waals surface area (Å²) in [6.07, 6.45) is 1.78. The third-order valence-corrected chi connectivity index (χ3v) is 3.95. The molecule has 0 saturated heterocycles. The molecule has 0 atom stereocenters. The van der Waals surface area contributed by atoms with Crippen molar-refractivity contribution >= 4 is 11.8 Å². The molecule has 0 aliphatic carbocycles. The van der Waals surface area contributed by atoms with Gasteiger partial charge in [0.15, 0.2) is 12.4 Å². The predicted molar refractivity (Wildman–Crippen MR) is 87.5 cm³/mol. The van der Waals surface area contributed by atoms with Gasteiger partial charge in [0.2, 0.25) is 0 Å². The number of halogens is 1. The highest BCUT2D eigenvalue weighted by Gasteiger charge is 2.25. The monoisotopic (exact) mass is 346 g/mol. The standard InChI is InChI=1S/C17H19FN4O3/c1-2-21-7-8-22-10-13(20-16(22)17(21)24)9-19-15(23)11-25-14-5-3-12(18)4-6-14/h3-6,10H,2,7-9,11H2,1H3,(H,19,23). The van der Waals surface area contributed by atoms with Crippen LogP contribution in [-0.4, -0.2) is 46.0 Å². The van der Waals surface area contributed by atoms with E-state index in [0.717, 1.165) is 0 Å². The number of aromatic nitrogens is 2. The van der Waals surface area contributed by atoms with Gasteiger partial charge in [-0.25, -0.2) is 9.37 Å². The molecule has 0 unspecified atom stereocenters. The smallest absolute Gasteiger partial charge is 0.289 e. The third-order valence-electron chi connectivity index (χ3n) is 3.95. The summed E-state index contributed by atoms with van der Waals surface area (Å²) in [5.41, 5.74) is 0.622. The van der Waals surface area contributed by atoms with Crippen molar-refractivity contribution in [3.63, 3.8) is 0 Å². The van der Waals surface area contributed by atoms with Gasteiger partial charge in [-0.05, 0) is 31.2 Å². The highest BCUT2D eigenvalue weighted by molar-refractivity contribution is 5.91. The summed E-state index contributed by atoms with van der Waals surface area (Å²) in [7, 11) is 0. The van der Waals surface area contributed by atoms with Crippen LogP contribution in [0.4, 0.5) is 4.39 Å². The fraction of sp³-hybridized carbons (Fsp3) is 0.353. The lowest BCUT2D eigenvalue weighted by Crippen LogP contribution is -2.40. The largest absolute Gasteiger partial charge is 0.484 e. The summed E-state index contributed by atoms with van der Waals surface area (Å²) in [6, 6.07) is 5.44. The Kier molecular flexibility index (Phi) is 4.97. The molecule has 25 heavy (non-hydrogen) atoms. The lowest BCUT2D eigenvalue weighted by Gasteiger charge is -2.25. The number of rotatable bonds is 6. The maximum atomic E-state index is 12.8. The van der Waals surface area contributed by atoms with E-state index in [0.29, 0.717) is 36.9 Å². The average Bonchev–Trinajstić information content (AvgIpc) is 3.04. The molecule has 2 amide bonds.